The van der Waals surface area contributed by atoms with E-state index in [9.17, 15) is 28.4 Å². The molecule has 0 fully saturated rings. The van der Waals surface area contributed by atoms with Gasteiger partial charge in [0.25, 0.3) is 5.69 Å². The van der Waals surface area contributed by atoms with Crippen LogP contribution in [-0.2, 0) is 6.18 Å². The van der Waals surface area contributed by atoms with Crippen molar-refractivity contribution >= 4 is 11.4 Å². The number of rotatable bonds is 7. The Morgan fingerprint density at radius 3 is 2.61 bits per heavy atom. The van der Waals surface area contributed by atoms with Gasteiger partial charge in [0.15, 0.2) is 0 Å². The van der Waals surface area contributed by atoms with Gasteiger partial charge in [-0.2, -0.15) is 18.4 Å². The summed E-state index contributed by atoms with van der Waals surface area (Å²) in [6.45, 7) is -0.581. The maximum absolute atomic E-state index is 12.9. The van der Waals surface area contributed by atoms with Crippen LogP contribution in [0.3, 0.4) is 0 Å². The molecule has 0 bridgehead atoms. The number of anilines is 1. The average molecular weight is 395 g/mol. The van der Waals surface area contributed by atoms with Gasteiger partial charge in [-0.3, -0.25) is 10.1 Å². The molecule has 1 N–H and O–H groups in total. The molecule has 0 amide bonds. The van der Waals surface area contributed by atoms with E-state index in [1.54, 1.807) is 6.07 Å². The minimum Gasteiger partial charge on any atom is -0.490 e. The number of hydrogen-bond acceptors (Lipinski definition) is 6. The van der Waals surface area contributed by atoms with Crippen molar-refractivity contribution in [1.82, 2.24) is 0 Å². The third-order valence-corrected chi connectivity index (χ3v) is 3.82. The van der Waals surface area contributed by atoms with Crippen LogP contribution in [0.5, 0.6) is 5.75 Å². The van der Waals surface area contributed by atoms with Crippen LogP contribution < -0.4 is 9.64 Å². The zero-order valence-corrected chi connectivity index (χ0v) is 14.7. The van der Waals surface area contributed by atoms with Crippen LogP contribution in [0.1, 0.15) is 11.1 Å². The standard InChI is InChI=1S/C18H16F3N3O4/c1-23(15-7-6-12(9-22)8-16(15)24(26)27)10-13(25)11-28-17-5-3-2-4-14(17)18(19,20)21/h2-8,13,25H,10-11H2,1H3. The Hall–Kier alpha value is -3.32. The topological polar surface area (TPSA) is 99.6 Å². The number of benzene rings is 2. The molecule has 0 saturated heterocycles. The van der Waals surface area contributed by atoms with Crippen LogP contribution in [0.25, 0.3) is 0 Å². The molecule has 10 heteroatoms. The van der Waals surface area contributed by atoms with Crippen molar-refractivity contribution in [2.75, 3.05) is 25.1 Å². The van der Waals surface area contributed by atoms with Crippen molar-refractivity contribution in [2.45, 2.75) is 12.3 Å². The van der Waals surface area contributed by atoms with E-state index in [4.69, 9.17) is 10.00 Å². The number of nitro groups is 1. The number of nitrogens with zero attached hydrogens (tertiary/aromatic N) is 3. The molecular weight excluding hydrogens is 379 g/mol. The van der Waals surface area contributed by atoms with Crippen LogP contribution in [0.15, 0.2) is 42.5 Å². The zero-order valence-electron chi connectivity index (χ0n) is 14.7. The lowest BCUT2D eigenvalue weighted by molar-refractivity contribution is -0.384. The second kappa shape index (κ2) is 8.58. The molecule has 0 aliphatic carbocycles. The summed E-state index contributed by atoms with van der Waals surface area (Å²) in [4.78, 5) is 11.9. The molecule has 2 aromatic carbocycles. The number of hydrogen-bond donors (Lipinski definition) is 1. The van der Waals surface area contributed by atoms with Crippen LogP contribution in [0.4, 0.5) is 24.5 Å². The smallest absolute Gasteiger partial charge is 0.419 e. The van der Waals surface area contributed by atoms with E-state index in [1.165, 1.54) is 36.2 Å². The third-order valence-electron chi connectivity index (χ3n) is 3.82. The maximum Gasteiger partial charge on any atom is 0.419 e. The summed E-state index contributed by atoms with van der Waals surface area (Å²) in [5, 5.41) is 30.1. The Balaban J connectivity index is 2.08. The van der Waals surface area contributed by atoms with Gasteiger partial charge in [-0.15, -0.1) is 0 Å². The summed E-state index contributed by atoms with van der Waals surface area (Å²) in [6.07, 6.45) is -5.82. The first-order chi connectivity index (χ1) is 13.1. The molecular formula is C18H16F3N3O4. The Bertz CT molecular complexity index is 896. The van der Waals surface area contributed by atoms with Gasteiger partial charge in [-0.05, 0) is 24.3 Å². The summed E-state index contributed by atoms with van der Waals surface area (Å²) < 4.78 is 43.9. The quantitative estimate of drug-likeness (QED) is 0.570. The Kier molecular flexibility index (Phi) is 6.43. The number of aliphatic hydroxyl groups is 1. The molecule has 1 atom stereocenters. The van der Waals surface area contributed by atoms with E-state index in [1.807, 2.05) is 0 Å². The summed E-state index contributed by atoms with van der Waals surface area (Å²) in [5.41, 5.74) is -1.02. The maximum atomic E-state index is 12.9. The van der Waals surface area contributed by atoms with Gasteiger partial charge in [0.2, 0.25) is 0 Å². The first kappa shape index (κ1) is 21.0. The molecule has 0 aliphatic heterocycles. The van der Waals surface area contributed by atoms with Crippen molar-refractivity contribution in [1.29, 1.82) is 5.26 Å². The molecule has 0 spiro atoms. The van der Waals surface area contributed by atoms with Gasteiger partial charge in [-0.1, -0.05) is 12.1 Å². The second-order valence-corrected chi connectivity index (χ2v) is 5.91. The summed E-state index contributed by atoms with van der Waals surface area (Å²) in [7, 11) is 1.47. The van der Waals surface area contributed by atoms with E-state index >= 15 is 0 Å². The predicted molar refractivity (Wildman–Crippen MR) is 94.0 cm³/mol. The molecule has 2 rings (SSSR count). The SMILES string of the molecule is CN(CC(O)COc1ccccc1C(F)(F)F)c1ccc(C#N)cc1[N+](=O)[O-]. The van der Waals surface area contributed by atoms with Crippen molar-refractivity contribution in [3.63, 3.8) is 0 Å². The molecule has 2 aromatic rings. The number of alkyl halides is 3. The predicted octanol–water partition coefficient (Wildman–Crippen LogP) is 3.36. The van der Waals surface area contributed by atoms with E-state index in [0.29, 0.717) is 0 Å². The molecule has 0 saturated carbocycles. The molecule has 28 heavy (non-hydrogen) atoms. The van der Waals surface area contributed by atoms with E-state index < -0.39 is 35.1 Å². The monoisotopic (exact) mass is 395 g/mol. The number of halogens is 3. The molecule has 1 unspecified atom stereocenters. The lowest BCUT2D eigenvalue weighted by Gasteiger charge is -2.23. The minimum absolute atomic E-state index is 0.108. The first-order valence-corrected chi connectivity index (χ1v) is 8.00. The first-order valence-electron chi connectivity index (χ1n) is 8.00. The lowest BCUT2D eigenvalue weighted by Crippen LogP contribution is -2.33. The normalized spacial score (nSPS) is 12.1. The number of aliphatic hydroxyl groups excluding tert-OH is 1. The van der Waals surface area contributed by atoms with Crippen molar-refractivity contribution in [2.24, 2.45) is 0 Å². The van der Waals surface area contributed by atoms with Crippen molar-refractivity contribution in [3.05, 3.63) is 63.7 Å². The number of para-hydroxylation sites is 1. The van der Waals surface area contributed by atoms with Crippen LogP contribution in [0, 0.1) is 21.4 Å². The molecule has 7 nitrogen and oxygen atoms in total. The van der Waals surface area contributed by atoms with E-state index in [0.717, 1.165) is 18.2 Å². The fourth-order valence-corrected chi connectivity index (χ4v) is 2.54. The van der Waals surface area contributed by atoms with Crippen molar-refractivity contribution < 1.29 is 27.9 Å². The number of ether oxygens (including phenoxy) is 1. The minimum atomic E-state index is -4.60. The van der Waals surface area contributed by atoms with Gasteiger partial charge >= 0.3 is 6.18 Å². The Labute approximate surface area is 158 Å². The fraction of sp³-hybridized carbons (Fsp3) is 0.278. The Morgan fingerprint density at radius 2 is 2.00 bits per heavy atom. The number of nitro benzene ring substituents is 1. The van der Waals surface area contributed by atoms with Gasteiger partial charge in [0.1, 0.15) is 24.1 Å². The summed E-state index contributed by atoms with van der Waals surface area (Å²) in [5.74, 6) is -0.416. The highest BCUT2D eigenvalue weighted by Gasteiger charge is 2.34. The highest BCUT2D eigenvalue weighted by atomic mass is 19.4. The number of likely N-dealkylation sites (N-methyl/N-ethyl adjacent to an activating group) is 1. The van der Waals surface area contributed by atoms with Crippen molar-refractivity contribution in [3.8, 4) is 11.8 Å². The lowest BCUT2D eigenvalue weighted by atomic mass is 10.1. The third kappa shape index (κ3) is 5.11. The second-order valence-electron chi connectivity index (χ2n) is 5.91. The molecule has 0 heterocycles. The molecule has 148 valence electrons. The highest BCUT2D eigenvalue weighted by molar-refractivity contribution is 5.65. The van der Waals surface area contributed by atoms with Gasteiger partial charge in [-0.25, -0.2) is 0 Å². The summed E-state index contributed by atoms with van der Waals surface area (Å²) >= 11 is 0. The fourth-order valence-electron chi connectivity index (χ4n) is 2.54. The molecule has 0 aliphatic rings. The van der Waals surface area contributed by atoms with Crippen LogP contribution in [-0.4, -0.2) is 36.3 Å². The molecule has 0 aromatic heterocycles. The van der Waals surface area contributed by atoms with Gasteiger partial charge in [0.05, 0.1) is 22.1 Å². The number of nitriles is 1. The summed E-state index contributed by atoms with van der Waals surface area (Å²) in [6, 6.07) is 10.3. The van der Waals surface area contributed by atoms with Gasteiger partial charge in [0, 0.05) is 19.7 Å². The van der Waals surface area contributed by atoms with Crippen LogP contribution in [0.2, 0.25) is 0 Å². The Morgan fingerprint density at radius 1 is 1.32 bits per heavy atom. The van der Waals surface area contributed by atoms with E-state index in [2.05, 4.69) is 0 Å². The largest absolute Gasteiger partial charge is 0.490 e. The van der Waals surface area contributed by atoms with Crippen LogP contribution >= 0.6 is 0 Å². The average Bonchev–Trinajstić information content (AvgIpc) is 2.65. The van der Waals surface area contributed by atoms with E-state index in [-0.39, 0.29) is 23.5 Å². The molecule has 0 radical (unpaired) electrons. The highest BCUT2D eigenvalue weighted by Crippen LogP contribution is 2.36. The van der Waals surface area contributed by atoms with Gasteiger partial charge < -0.3 is 14.7 Å². The zero-order chi connectivity index (χ0) is 20.9.